The highest BCUT2D eigenvalue weighted by molar-refractivity contribution is 6.31. The molecule has 5 rings (SSSR count). The van der Waals surface area contributed by atoms with Crippen LogP contribution in [-0.2, 0) is 5.54 Å². The Morgan fingerprint density at radius 1 is 1.10 bits per heavy atom. The summed E-state index contributed by atoms with van der Waals surface area (Å²) in [5.41, 5.74) is 5.20. The minimum Gasteiger partial charge on any atom is -0.372 e. The maximum absolute atomic E-state index is 12.8. The lowest BCUT2D eigenvalue weighted by Crippen LogP contribution is -2.51. The van der Waals surface area contributed by atoms with Gasteiger partial charge in [0, 0.05) is 35.7 Å². The van der Waals surface area contributed by atoms with Gasteiger partial charge in [0.05, 0.1) is 16.9 Å². The van der Waals surface area contributed by atoms with Crippen molar-refractivity contribution in [2.24, 2.45) is 0 Å². The van der Waals surface area contributed by atoms with Crippen LogP contribution in [0.3, 0.4) is 0 Å². The standard InChI is InChI=1S/C23H23ClN4O/c1-16-8-9-17(24)15-19(16)25-22(29)27-13-10-23(11-14-27)21-7-4-12-28(21)20-6-3-2-5-18(20)26-23/h2-9,12,15,26H,10-11,13-14H2,1H3,(H,25,29). The van der Waals surface area contributed by atoms with Crippen molar-refractivity contribution in [3.05, 3.63) is 77.1 Å². The van der Waals surface area contributed by atoms with Gasteiger partial charge in [-0.15, -0.1) is 0 Å². The number of para-hydroxylation sites is 2. The molecular formula is C23H23ClN4O. The summed E-state index contributed by atoms with van der Waals surface area (Å²) in [5, 5.41) is 7.42. The summed E-state index contributed by atoms with van der Waals surface area (Å²) in [6.45, 7) is 3.34. The number of nitrogens with one attached hydrogen (secondary N) is 2. The van der Waals surface area contributed by atoms with Gasteiger partial charge in [-0.25, -0.2) is 4.79 Å². The first kappa shape index (κ1) is 18.1. The van der Waals surface area contributed by atoms with Gasteiger partial charge in [0.15, 0.2) is 0 Å². The van der Waals surface area contributed by atoms with Gasteiger partial charge < -0.3 is 20.1 Å². The first-order valence-corrected chi connectivity index (χ1v) is 10.3. The number of anilines is 2. The van der Waals surface area contributed by atoms with E-state index in [-0.39, 0.29) is 11.6 Å². The number of benzene rings is 2. The molecule has 29 heavy (non-hydrogen) atoms. The Kier molecular flexibility index (Phi) is 4.28. The SMILES string of the molecule is Cc1ccc(Cl)cc1NC(=O)N1CCC2(CC1)Nc1ccccc1-n1cccc12. The van der Waals surface area contributed by atoms with Crippen molar-refractivity contribution in [3.63, 3.8) is 0 Å². The van der Waals surface area contributed by atoms with E-state index in [0.29, 0.717) is 18.1 Å². The number of hydrogen-bond acceptors (Lipinski definition) is 2. The van der Waals surface area contributed by atoms with E-state index in [2.05, 4.69) is 57.8 Å². The van der Waals surface area contributed by atoms with Crippen molar-refractivity contribution < 1.29 is 4.79 Å². The number of carbonyl (C=O) groups excluding carboxylic acids is 1. The van der Waals surface area contributed by atoms with Crippen LogP contribution in [0.5, 0.6) is 0 Å². The molecule has 2 aliphatic heterocycles. The molecule has 3 heterocycles. The van der Waals surface area contributed by atoms with Crippen LogP contribution in [0.4, 0.5) is 16.2 Å². The average Bonchev–Trinajstić information content (AvgIpc) is 3.23. The number of carbonyl (C=O) groups is 1. The van der Waals surface area contributed by atoms with E-state index in [1.54, 1.807) is 6.07 Å². The fourth-order valence-electron chi connectivity index (χ4n) is 4.49. The summed E-state index contributed by atoms with van der Waals surface area (Å²) in [5.74, 6) is 0. The summed E-state index contributed by atoms with van der Waals surface area (Å²) in [4.78, 5) is 14.7. The van der Waals surface area contributed by atoms with Gasteiger partial charge in [0.25, 0.3) is 0 Å². The van der Waals surface area contributed by atoms with E-state index in [1.807, 2.05) is 24.0 Å². The van der Waals surface area contributed by atoms with Crippen LogP contribution in [0.25, 0.3) is 5.69 Å². The monoisotopic (exact) mass is 406 g/mol. The maximum Gasteiger partial charge on any atom is 0.321 e. The molecule has 0 radical (unpaired) electrons. The van der Waals surface area contributed by atoms with E-state index in [4.69, 9.17) is 11.6 Å². The van der Waals surface area contributed by atoms with Crippen LogP contribution in [0.15, 0.2) is 60.8 Å². The van der Waals surface area contributed by atoms with Crippen molar-refractivity contribution in [1.29, 1.82) is 0 Å². The van der Waals surface area contributed by atoms with Gasteiger partial charge in [0.1, 0.15) is 0 Å². The maximum atomic E-state index is 12.8. The highest BCUT2D eigenvalue weighted by Gasteiger charge is 2.42. The molecule has 2 N–H and O–H groups in total. The van der Waals surface area contributed by atoms with Crippen LogP contribution in [0, 0.1) is 6.92 Å². The number of rotatable bonds is 1. The second-order valence-corrected chi connectivity index (χ2v) is 8.30. The summed E-state index contributed by atoms with van der Waals surface area (Å²) < 4.78 is 2.27. The fourth-order valence-corrected chi connectivity index (χ4v) is 4.66. The lowest BCUT2D eigenvalue weighted by molar-refractivity contribution is 0.174. The molecule has 148 valence electrons. The molecule has 1 spiro atoms. The van der Waals surface area contributed by atoms with Gasteiger partial charge in [0.2, 0.25) is 0 Å². The summed E-state index contributed by atoms with van der Waals surface area (Å²) in [6, 6.07) is 18.1. The number of aromatic nitrogens is 1. The zero-order chi connectivity index (χ0) is 20.0. The minimum atomic E-state index is -0.152. The Balaban J connectivity index is 1.34. The zero-order valence-corrected chi connectivity index (χ0v) is 17.0. The Hall–Kier alpha value is -2.92. The lowest BCUT2D eigenvalue weighted by Gasteiger charge is -2.46. The number of amides is 2. The minimum absolute atomic E-state index is 0.0724. The van der Waals surface area contributed by atoms with E-state index in [0.717, 1.165) is 29.8 Å². The van der Waals surface area contributed by atoms with Gasteiger partial charge in [-0.2, -0.15) is 0 Å². The van der Waals surface area contributed by atoms with Crippen LogP contribution >= 0.6 is 11.6 Å². The number of halogens is 1. The topological polar surface area (TPSA) is 49.3 Å². The largest absolute Gasteiger partial charge is 0.372 e. The fraction of sp³-hybridized carbons (Fsp3) is 0.261. The molecule has 5 nitrogen and oxygen atoms in total. The summed E-state index contributed by atoms with van der Waals surface area (Å²) in [6.07, 6.45) is 3.83. The number of aryl methyl sites for hydroxylation is 1. The molecule has 3 aromatic rings. The second kappa shape index (κ2) is 6.85. The molecule has 2 amide bonds. The molecule has 1 aromatic heterocycles. The average molecular weight is 407 g/mol. The van der Waals surface area contributed by atoms with Gasteiger partial charge in [-0.05, 0) is 61.7 Å². The molecule has 0 atom stereocenters. The Bertz CT molecular complexity index is 1080. The smallest absolute Gasteiger partial charge is 0.321 e. The Labute approximate surface area is 175 Å². The highest BCUT2D eigenvalue weighted by atomic mass is 35.5. The van der Waals surface area contributed by atoms with Crippen molar-refractivity contribution in [2.75, 3.05) is 23.7 Å². The van der Waals surface area contributed by atoms with E-state index >= 15 is 0 Å². The van der Waals surface area contributed by atoms with Crippen molar-refractivity contribution in [2.45, 2.75) is 25.3 Å². The molecule has 2 aromatic carbocycles. The highest BCUT2D eigenvalue weighted by Crippen LogP contribution is 2.43. The van der Waals surface area contributed by atoms with Gasteiger partial charge >= 0.3 is 6.03 Å². The third kappa shape index (κ3) is 3.06. The van der Waals surface area contributed by atoms with Crippen LogP contribution in [-0.4, -0.2) is 28.6 Å². The third-order valence-electron chi connectivity index (χ3n) is 6.12. The van der Waals surface area contributed by atoms with Crippen molar-refractivity contribution in [1.82, 2.24) is 9.47 Å². The number of hydrogen-bond donors (Lipinski definition) is 2. The van der Waals surface area contributed by atoms with Crippen LogP contribution < -0.4 is 10.6 Å². The third-order valence-corrected chi connectivity index (χ3v) is 6.36. The zero-order valence-electron chi connectivity index (χ0n) is 16.3. The quantitative estimate of drug-likeness (QED) is 0.569. The van der Waals surface area contributed by atoms with E-state index < -0.39 is 0 Å². The van der Waals surface area contributed by atoms with Crippen LogP contribution in [0.1, 0.15) is 24.1 Å². The van der Waals surface area contributed by atoms with E-state index in [9.17, 15) is 4.79 Å². The normalized spacial score (nSPS) is 16.7. The molecule has 1 saturated heterocycles. The Morgan fingerprint density at radius 3 is 2.72 bits per heavy atom. The molecule has 0 bridgehead atoms. The van der Waals surface area contributed by atoms with E-state index in [1.165, 1.54) is 11.4 Å². The number of likely N-dealkylation sites (tertiary alicyclic amines) is 1. The number of piperidine rings is 1. The first-order chi connectivity index (χ1) is 14.1. The molecule has 1 fully saturated rings. The molecule has 2 aliphatic rings. The summed E-state index contributed by atoms with van der Waals surface area (Å²) in [7, 11) is 0. The predicted octanol–water partition coefficient (Wildman–Crippen LogP) is 5.39. The summed E-state index contributed by atoms with van der Waals surface area (Å²) >= 11 is 6.09. The van der Waals surface area contributed by atoms with Gasteiger partial charge in [-0.1, -0.05) is 29.8 Å². The lowest BCUT2D eigenvalue weighted by atomic mass is 9.82. The second-order valence-electron chi connectivity index (χ2n) is 7.86. The Morgan fingerprint density at radius 2 is 1.90 bits per heavy atom. The molecular weight excluding hydrogens is 384 g/mol. The van der Waals surface area contributed by atoms with Crippen molar-refractivity contribution in [3.8, 4) is 5.69 Å². The molecule has 0 saturated carbocycles. The first-order valence-electron chi connectivity index (χ1n) is 9.93. The predicted molar refractivity (Wildman–Crippen MR) is 117 cm³/mol. The number of urea groups is 1. The van der Waals surface area contributed by atoms with Crippen molar-refractivity contribution >= 4 is 29.0 Å². The molecule has 0 aliphatic carbocycles. The number of fused-ring (bicyclic) bond motifs is 4. The molecule has 6 heteroatoms. The number of nitrogens with zero attached hydrogens (tertiary/aromatic N) is 2. The molecule has 0 unspecified atom stereocenters. The van der Waals surface area contributed by atoms with Crippen LogP contribution in [0.2, 0.25) is 5.02 Å². The van der Waals surface area contributed by atoms with Gasteiger partial charge in [-0.3, -0.25) is 0 Å².